The van der Waals surface area contributed by atoms with Gasteiger partial charge in [0, 0.05) is 24.6 Å². The van der Waals surface area contributed by atoms with E-state index >= 15 is 0 Å². The van der Waals surface area contributed by atoms with Gasteiger partial charge >= 0.3 is 6.09 Å². The van der Waals surface area contributed by atoms with E-state index in [2.05, 4.69) is 23.5 Å². The van der Waals surface area contributed by atoms with Crippen LogP contribution in [0.2, 0.25) is 0 Å². The lowest BCUT2D eigenvalue weighted by atomic mass is 9.98. The van der Waals surface area contributed by atoms with Gasteiger partial charge in [0.1, 0.15) is 17.7 Å². The minimum Gasteiger partial charge on any atom is -0.444 e. The fourth-order valence-electron chi connectivity index (χ4n) is 3.85. The molecule has 1 rings (SSSR count). The molecule has 9 nitrogen and oxygen atoms in total. The minimum atomic E-state index is -1.13. The summed E-state index contributed by atoms with van der Waals surface area (Å²) in [5, 5.41) is 5.55. The molecule has 4 N–H and O–H groups in total. The molecule has 4 amide bonds. The van der Waals surface area contributed by atoms with Crippen molar-refractivity contribution in [2.45, 2.75) is 104 Å². The number of nitrogens with one attached hydrogen (secondary N) is 2. The molecular formula is C29H44N4O5. The number of carbonyl (C=O) groups excluding carboxylic acids is 4. The number of hydrogen-bond acceptors (Lipinski definition) is 5. The van der Waals surface area contributed by atoms with Crippen LogP contribution in [0.4, 0.5) is 4.79 Å². The number of benzene rings is 1. The Balaban J connectivity index is 3.50. The summed E-state index contributed by atoms with van der Waals surface area (Å²) >= 11 is 0. The van der Waals surface area contributed by atoms with Crippen LogP contribution in [0.5, 0.6) is 0 Å². The first-order chi connectivity index (χ1) is 17.8. The zero-order valence-corrected chi connectivity index (χ0v) is 23.6. The number of ether oxygens (including phenoxy) is 1. The van der Waals surface area contributed by atoms with Crippen molar-refractivity contribution in [1.29, 1.82) is 0 Å². The summed E-state index contributed by atoms with van der Waals surface area (Å²) < 4.78 is 5.35. The number of alkyl carbamates (subject to hydrolysis) is 1. The maximum absolute atomic E-state index is 14.1. The van der Waals surface area contributed by atoms with E-state index in [1.165, 1.54) is 4.90 Å². The smallest absolute Gasteiger partial charge is 0.408 e. The van der Waals surface area contributed by atoms with E-state index in [0.717, 1.165) is 19.3 Å². The molecule has 0 spiro atoms. The van der Waals surface area contributed by atoms with Crippen LogP contribution in [-0.4, -0.2) is 52.9 Å². The first-order valence-electron chi connectivity index (χ1n) is 13.3. The van der Waals surface area contributed by atoms with Crippen LogP contribution >= 0.6 is 0 Å². The van der Waals surface area contributed by atoms with Crippen molar-refractivity contribution in [1.82, 2.24) is 15.5 Å². The normalized spacial score (nSPS) is 13.4. The van der Waals surface area contributed by atoms with E-state index in [1.807, 2.05) is 13.8 Å². The Morgan fingerprint density at radius 1 is 1.11 bits per heavy atom. The van der Waals surface area contributed by atoms with Gasteiger partial charge in [-0.3, -0.25) is 14.4 Å². The van der Waals surface area contributed by atoms with Crippen molar-refractivity contribution < 1.29 is 23.9 Å². The zero-order valence-electron chi connectivity index (χ0n) is 23.6. The Morgan fingerprint density at radius 3 is 2.24 bits per heavy atom. The van der Waals surface area contributed by atoms with Crippen molar-refractivity contribution in [3.8, 4) is 12.3 Å². The fraction of sp³-hybridized carbons (Fsp3) is 0.586. The van der Waals surface area contributed by atoms with Gasteiger partial charge in [-0.15, -0.1) is 6.42 Å². The number of nitrogens with zero attached hydrogens (tertiary/aromatic N) is 1. The second-order valence-electron chi connectivity index (χ2n) is 10.4. The van der Waals surface area contributed by atoms with Gasteiger partial charge in [-0.25, -0.2) is 4.79 Å². The van der Waals surface area contributed by atoms with Gasteiger partial charge in [-0.1, -0.05) is 44.7 Å². The Hall–Kier alpha value is -3.54. The molecule has 0 aromatic heterocycles. The molecule has 1 aromatic carbocycles. The van der Waals surface area contributed by atoms with Crippen LogP contribution in [0, 0.1) is 12.3 Å². The highest BCUT2D eigenvalue weighted by Gasteiger charge is 2.38. The molecular weight excluding hydrogens is 484 g/mol. The number of hydrogen-bond donors (Lipinski definition) is 3. The van der Waals surface area contributed by atoms with E-state index in [9.17, 15) is 19.2 Å². The lowest BCUT2D eigenvalue weighted by molar-refractivity contribution is -0.145. The number of unbranched alkanes of at least 4 members (excludes halogenated alkanes) is 2. The number of rotatable bonds is 14. The minimum absolute atomic E-state index is 0.0405. The highest BCUT2D eigenvalue weighted by molar-refractivity contribution is 5.92. The molecule has 0 saturated carbocycles. The first-order valence-corrected chi connectivity index (χ1v) is 13.3. The maximum Gasteiger partial charge on any atom is 0.408 e. The molecule has 3 unspecified atom stereocenters. The third-order valence-corrected chi connectivity index (χ3v) is 5.99. The molecule has 0 fully saturated rings. The van der Waals surface area contributed by atoms with Crippen LogP contribution in [0.15, 0.2) is 24.3 Å². The Labute approximate surface area is 227 Å². The SMILES string of the molecule is C#Cc1ccc(C(C(=O)NCCCCC)N(C(=O)C(CCC(N)=O)NC(=O)OC(C)(C)C)C(C)CC)cc1. The molecule has 0 saturated heterocycles. The largest absolute Gasteiger partial charge is 0.444 e. The Kier molecular flexibility index (Phi) is 13.4. The van der Waals surface area contributed by atoms with E-state index in [-0.39, 0.29) is 24.8 Å². The molecule has 0 aliphatic carbocycles. The van der Waals surface area contributed by atoms with Crippen molar-refractivity contribution in [2.75, 3.05) is 6.54 Å². The number of amides is 4. The lowest BCUT2D eigenvalue weighted by Gasteiger charge is -2.38. The maximum atomic E-state index is 14.1. The first kappa shape index (κ1) is 32.5. The van der Waals surface area contributed by atoms with Gasteiger partial charge in [0.15, 0.2) is 0 Å². The second-order valence-corrected chi connectivity index (χ2v) is 10.4. The summed E-state index contributed by atoms with van der Waals surface area (Å²) in [6, 6.07) is 4.40. The number of terminal acetylenes is 1. The average molecular weight is 529 g/mol. The summed E-state index contributed by atoms with van der Waals surface area (Å²) in [7, 11) is 0. The molecule has 3 atom stereocenters. The monoisotopic (exact) mass is 528 g/mol. The second kappa shape index (κ2) is 15.7. The molecule has 0 aliphatic rings. The van der Waals surface area contributed by atoms with Gasteiger partial charge in [0.25, 0.3) is 0 Å². The van der Waals surface area contributed by atoms with E-state index < -0.39 is 35.6 Å². The number of primary amides is 1. The molecule has 38 heavy (non-hydrogen) atoms. The molecule has 0 radical (unpaired) electrons. The molecule has 210 valence electrons. The molecule has 0 aliphatic heterocycles. The molecule has 0 heterocycles. The van der Waals surface area contributed by atoms with Crippen molar-refractivity contribution in [3.63, 3.8) is 0 Å². The van der Waals surface area contributed by atoms with Crippen LogP contribution in [0.1, 0.15) is 97.2 Å². The zero-order chi connectivity index (χ0) is 28.9. The summed E-state index contributed by atoms with van der Waals surface area (Å²) in [5.41, 5.74) is 5.78. The highest BCUT2D eigenvalue weighted by atomic mass is 16.6. The molecule has 9 heteroatoms. The van der Waals surface area contributed by atoms with Crippen LogP contribution in [-0.2, 0) is 19.1 Å². The lowest BCUT2D eigenvalue weighted by Crippen LogP contribution is -2.55. The van der Waals surface area contributed by atoms with Gasteiger partial charge in [-0.2, -0.15) is 0 Å². The van der Waals surface area contributed by atoms with Crippen molar-refractivity contribution in [3.05, 3.63) is 35.4 Å². The molecule has 0 bridgehead atoms. The van der Waals surface area contributed by atoms with Crippen LogP contribution in [0.25, 0.3) is 0 Å². The summed E-state index contributed by atoms with van der Waals surface area (Å²) in [4.78, 5) is 53.3. The van der Waals surface area contributed by atoms with E-state index in [1.54, 1.807) is 45.0 Å². The Morgan fingerprint density at radius 2 is 1.74 bits per heavy atom. The number of nitrogens with two attached hydrogens (primary N) is 1. The van der Waals surface area contributed by atoms with Crippen LogP contribution in [0.3, 0.4) is 0 Å². The van der Waals surface area contributed by atoms with Gasteiger partial charge < -0.3 is 26.0 Å². The van der Waals surface area contributed by atoms with Crippen LogP contribution < -0.4 is 16.4 Å². The predicted octanol–water partition coefficient (Wildman–Crippen LogP) is 3.80. The fourth-order valence-corrected chi connectivity index (χ4v) is 3.85. The number of carbonyl (C=O) groups is 4. The van der Waals surface area contributed by atoms with E-state index in [0.29, 0.717) is 24.1 Å². The Bertz CT molecular complexity index is 978. The summed E-state index contributed by atoms with van der Waals surface area (Å²) in [6.07, 6.45) is 7.85. The van der Waals surface area contributed by atoms with E-state index in [4.69, 9.17) is 16.9 Å². The average Bonchev–Trinajstić information content (AvgIpc) is 2.85. The van der Waals surface area contributed by atoms with Gasteiger partial charge in [-0.05, 0) is 64.7 Å². The quantitative estimate of drug-likeness (QED) is 0.250. The van der Waals surface area contributed by atoms with Crippen molar-refractivity contribution in [2.24, 2.45) is 5.73 Å². The standard InChI is InChI=1S/C29H44N4O5/c1-8-11-12-19-31-26(35)25(22-15-13-21(10-3)14-16-22)33(20(4)9-2)27(36)23(17-18-24(30)34)32-28(37)38-29(5,6)7/h3,13-16,20,23,25H,8-9,11-12,17-19H2,1-2,4-7H3,(H2,30,34)(H,31,35)(H,32,37). The van der Waals surface area contributed by atoms with Crippen molar-refractivity contribution >= 4 is 23.8 Å². The van der Waals surface area contributed by atoms with Gasteiger partial charge in [0.05, 0.1) is 0 Å². The third kappa shape index (κ3) is 10.8. The van der Waals surface area contributed by atoms with Gasteiger partial charge in [0.2, 0.25) is 17.7 Å². The summed E-state index contributed by atoms with van der Waals surface area (Å²) in [5.74, 6) is 1.09. The summed E-state index contributed by atoms with van der Waals surface area (Å²) in [6.45, 7) is 11.4. The topological polar surface area (TPSA) is 131 Å². The predicted molar refractivity (Wildman–Crippen MR) is 148 cm³/mol. The third-order valence-electron chi connectivity index (χ3n) is 5.99. The molecule has 1 aromatic rings. The highest BCUT2D eigenvalue weighted by Crippen LogP contribution is 2.27.